The van der Waals surface area contributed by atoms with Crippen molar-refractivity contribution < 1.29 is 0 Å². The zero-order valence-corrected chi connectivity index (χ0v) is 10.5. The van der Waals surface area contributed by atoms with E-state index in [-0.39, 0.29) is 0 Å². The van der Waals surface area contributed by atoms with Crippen LogP contribution in [0, 0.1) is 12.8 Å². The van der Waals surface area contributed by atoms with Gasteiger partial charge in [-0.05, 0) is 32.2 Å². The molecule has 1 N–H and O–H groups in total. The van der Waals surface area contributed by atoms with Gasteiger partial charge in [0.25, 0.3) is 0 Å². The van der Waals surface area contributed by atoms with Gasteiger partial charge in [-0.1, -0.05) is 19.8 Å². The lowest BCUT2D eigenvalue weighted by atomic mass is 10.1. The normalized spacial score (nSPS) is 17.1. The molecule has 0 atom stereocenters. The van der Waals surface area contributed by atoms with Crippen LogP contribution in [0.25, 0.3) is 0 Å². The highest BCUT2D eigenvalue weighted by Gasteiger charge is 2.17. The Kier molecular flexibility index (Phi) is 3.99. The smallest absolute Gasteiger partial charge is 0.0537 e. The molecule has 1 heterocycles. The van der Waals surface area contributed by atoms with E-state index in [4.69, 9.17) is 0 Å². The maximum absolute atomic E-state index is 4.51. The van der Waals surface area contributed by atoms with Gasteiger partial charge in [-0.25, -0.2) is 0 Å². The number of nitrogens with one attached hydrogen (secondary N) is 1. The Morgan fingerprint density at radius 2 is 2.19 bits per heavy atom. The van der Waals surface area contributed by atoms with E-state index in [1.165, 1.54) is 36.9 Å². The fraction of sp³-hybridized carbons (Fsp3) is 0.769. The van der Waals surface area contributed by atoms with Crippen molar-refractivity contribution in [2.24, 2.45) is 5.92 Å². The Bertz CT molecular complexity index is 324. The quantitative estimate of drug-likeness (QED) is 0.828. The predicted molar refractivity (Wildman–Crippen MR) is 66.3 cm³/mol. The molecule has 0 bridgehead atoms. The third-order valence-corrected chi connectivity index (χ3v) is 3.68. The standard InChI is InChI=1S/C13H23N3/c1-3-14-8-13-9-15-16(11(13)2)10-12-6-4-5-7-12/h9,12,14H,3-8,10H2,1-2H3. The van der Waals surface area contributed by atoms with Gasteiger partial charge in [0.15, 0.2) is 0 Å². The molecule has 1 fully saturated rings. The highest BCUT2D eigenvalue weighted by atomic mass is 15.3. The first-order valence-corrected chi connectivity index (χ1v) is 6.53. The molecule has 1 aromatic heterocycles. The number of rotatable bonds is 5. The maximum Gasteiger partial charge on any atom is 0.0537 e. The predicted octanol–water partition coefficient (Wildman–Crippen LogP) is 2.49. The molecule has 0 aromatic carbocycles. The third-order valence-electron chi connectivity index (χ3n) is 3.68. The summed E-state index contributed by atoms with van der Waals surface area (Å²) in [6.07, 6.45) is 7.63. The Hall–Kier alpha value is -0.830. The van der Waals surface area contributed by atoms with Gasteiger partial charge in [0.05, 0.1) is 6.20 Å². The lowest BCUT2D eigenvalue weighted by Crippen LogP contribution is -2.14. The van der Waals surface area contributed by atoms with Crippen molar-refractivity contribution in [2.75, 3.05) is 6.54 Å². The first kappa shape index (κ1) is 11.6. The molecule has 1 aromatic rings. The van der Waals surface area contributed by atoms with Crippen molar-refractivity contribution in [3.05, 3.63) is 17.5 Å². The second-order valence-electron chi connectivity index (χ2n) is 4.87. The molecule has 16 heavy (non-hydrogen) atoms. The summed E-state index contributed by atoms with van der Waals surface area (Å²) in [6.45, 7) is 7.42. The largest absolute Gasteiger partial charge is 0.313 e. The van der Waals surface area contributed by atoms with Gasteiger partial charge in [0.2, 0.25) is 0 Å². The monoisotopic (exact) mass is 221 g/mol. The average Bonchev–Trinajstić information content (AvgIpc) is 2.89. The molecule has 3 heteroatoms. The first-order chi connectivity index (χ1) is 7.81. The summed E-state index contributed by atoms with van der Waals surface area (Å²) in [5, 5.41) is 7.87. The highest BCUT2D eigenvalue weighted by molar-refractivity contribution is 5.15. The van der Waals surface area contributed by atoms with Crippen molar-refractivity contribution in [1.82, 2.24) is 15.1 Å². The van der Waals surface area contributed by atoms with Gasteiger partial charge in [-0.2, -0.15) is 5.10 Å². The van der Waals surface area contributed by atoms with Crippen LogP contribution in [0.3, 0.4) is 0 Å². The SMILES string of the molecule is CCNCc1cnn(CC2CCCC2)c1C. The summed E-state index contributed by atoms with van der Waals surface area (Å²) >= 11 is 0. The molecule has 90 valence electrons. The topological polar surface area (TPSA) is 29.9 Å². The van der Waals surface area contributed by atoms with Crippen LogP contribution in [0.4, 0.5) is 0 Å². The van der Waals surface area contributed by atoms with Crippen molar-refractivity contribution in [1.29, 1.82) is 0 Å². The van der Waals surface area contributed by atoms with E-state index in [0.717, 1.165) is 25.6 Å². The van der Waals surface area contributed by atoms with Gasteiger partial charge >= 0.3 is 0 Å². The van der Waals surface area contributed by atoms with Gasteiger partial charge < -0.3 is 5.32 Å². The number of nitrogens with zero attached hydrogens (tertiary/aromatic N) is 2. The number of aromatic nitrogens is 2. The summed E-state index contributed by atoms with van der Waals surface area (Å²) in [5.41, 5.74) is 2.69. The van der Waals surface area contributed by atoms with E-state index in [1.54, 1.807) is 0 Å². The molecule has 0 unspecified atom stereocenters. The Morgan fingerprint density at radius 1 is 1.44 bits per heavy atom. The van der Waals surface area contributed by atoms with E-state index < -0.39 is 0 Å². The van der Waals surface area contributed by atoms with E-state index in [0.29, 0.717) is 0 Å². The number of hydrogen-bond donors (Lipinski definition) is 1. The molecule has 0 radical (unpaired) electrons. The van der Waals surface area contributed by atoms with Gasteiger partial charge in [-0.3, -0.25) is 4.68 Å². The maximum atomic E-state index is 4.51. The van der Waals surface area contributed by atoms with E-state index in [2.05, 4.69) is 28.9 Å². The van der Waals surface area contributed by atoms with Crippen molar-refractivity contribution in [2.45, 2.75) is 52.6 Å². The minimum absolute atomic E-state index is 0.866. The van der Waals surface area contributed by atoms with Crippen LogP contribution in [0.1, 0.15) is 43.9 Å². The Balaban J connectivity index is 1.95. The first-order valence-electron chi connectivity index (χ1n) is 6.53. The van der Waals surface area contributed by atoms with Crippen LogP contribution in [-0.2, 0) is 13.1 Å². The zero-order chi connectivity index (χ0) is 11.4. The summed E-state index contributed by atoms with van der Waals surface area (Å²) < 4.78 is 2.20. The molecule has 0 amide bonds. The van der Waals surface area contributed by atoms with Crippen molar-refractivity contribution in [3.63, 3.8) is 0 Å². The molecule has 0 aliphatic heterocycles. The molecular weight excluding hydrogens is 198 g/mol. The van der Waals surface area contributed by atoms with Crippen molar-refractivity contribution in [3.8, 4) is 0 Å². The van der Waals surface area contributed by atoms with Crippen LogP contribution in [0.2, 0.25) is 0 Å². The molecule has 1 aliphatic rings. The van der Waals surface area contributed by atoms with Crippen LogP contribution in [-0.4, -0.2) is 16.3 Å². The summed E-state index contributed by atoms with van der Waals surface area (Å²) in [4.78, 5) is 0. The van der Waals surface area contributed by atoms with Crippen LogP contribution >= 0.6 is 0 Å². The van der Waals surface area contributed by atoms with Gasteiger partial charge in [0, 0.05) is 24.3 Å². The zero-order valence-electron chi connectivity index (χ0n) is 10.5. The van der Waals surface area contributed by atoms with Crippen LogP contribution in [0.15, 0.2) is 6.20 Å². The van der Waals surface area contributed by atoms with E-state index in [9.17, 15) is 0 Å². The molecule has 0 spiro atoms. The van der Waals surface area contributed by atoms with Gasteiger partial charge in [-0.15, -0.1) is 0 Å². The molecule has 3 nitrogen and oxygen atoms in total. The summed E-state index contributed by atoms with van der Waals surface area (Å²) in [6, 6.07) is 0. The Labute approximate surface area is 98.2 Å². The molecule has 2 rings (SSSR count). The average molecular weight is 221 g/mol. The van der Waals surface area contributed by atoms with E-state index in [1.807, 2.05) is 6.20 Å². The molecule has 0 saturated heterocycles. The summed E-state index contributed by atoms with van der Waals surface area (Å²) in [7, 11) is 0. The van der Waals surface area contributed by atoms with Crippen molar-refractivity contribution >= 4 is 0 Å². The fourth-order valence-corrected chi connectivity index (χ4v) is 2.54. The van der Waals surface area contributed by atoms with Gasteiger partial charge in [0.1, 0.15) is 0 Å². The third kappa shape index (κ3) is 2.64. The second-order valence-corrected chi connectivity index (χ2v) is 4.87. The second kappa shape index (κ2) is 5.48. The fourth-order valence-electron chi connectivity index (χ4n) is 2.54. The van der Waals surface area contributed by atoms with Crippen LogP contribution < -0.4 is 5.32 Å². The highest BCUT2D eigenvalue weighted by Crippen LogP contribution is 2.26. The minimum Gasteiger partial charge on any atom is -0.313 e. The Morgan fingerprint density at radius 3 is 2.88 bits per heavy atom. The lowest BCUT2D eigenvalue weighted by molar-refractivity contribution is 0.422. The lowest BCUT2D eigenvalue weighted by Gasteiger charge is -2.11. The molecule has 1 aliphatic carbocycles. The van der Waals surface area contributed by atoms with Crippen LogP contribution in [0.5, 0.6) is 0 Å². The van der Waals surface area contributed by atoms with E-state index >= 15 is 0 Å². The minimum atomic E-state index is 0.866. The number of hydrogen-bond acceptors (Lipinski definition) is 2. The summed E-state index contributed by atoms with van der Waals surface area (Å²) in [5.74, 6) is 0.866. The molecule has 1 saturated carbocycles. The molecular formula is C13H23N3.